The van der Waals surface area contributed by atoms with Gasteiger partial charge in [0, 0.05) is 50.9 Å². The van der Waals surface area contributed by atoms with Crippen LogP contribution in [0.5, 0.6) is 0 Å². The molecular formula is C26H26F3N7O3. The Morgan fingerprint density at radius 3 is 2.64 bits per heavy atom. The van der Waals surface area contributed by atoms with Crippen LogP contribution in [0.1, 0.15) is 22.5 Å². The number of aryl methyl sites for hydroxylation is 1. The van der Waals surface area contributed by atoms with Crippen molar-refractivity contribution in [3.8, 4) is 5.69 Å². The van der Waals surface area contributed by atoms with Crippen LogP contribution in [0.2, 0.25) is 0 Å². The highest BCUT2D eigenvalue weighted by Crippen LogP contribution is 2.37. The molecule has 2 fully saturated rings. The van der Waals surface area contributed by atoms with E-state index in [9.17, 15) is 22.8 Å². The Labute approximate surface area is 220 Å². The molecule has 1 aromatic carbocycles. The number of carbonyl (C=O) groups excluding carboxylic acids is 1. The van der Waals surface area contributed by atoms with Crippen molar-refractivity contribution in [2.75, 3.05) is 32.8 Å². The maximum atomic E-state index is 14.1. The van der Waals surface area contributed by atoms with Crippen molar-refractivity contribution in [2.24, 2.45) is 7.05 Å². The van der Waals surface area contributed by atoms with Crippen molar-refractivity contribution in [2.45, 2.75) is 24.6 Å². The number of carbonyl (C=O) groups is 1. The van der Waals surface area contributed by atoms with Crippen LogP contribution in [0.4, 0.5) is 13.2 Å². The second kappa shape index (κ2) is 9.35. The smallest absolute Gasteiger partial charge is 0.379 e. The zero-order valence-corrected chi connectivity index (χ0v) is 21.1. The molecule has 0 unspecified atom stereocenters. The molecule has 2 aliphatic rings. The predicted octanol–water partition coefficient (Wildman–Crippen LogP) is 1.68. The van der Waals surface area contributed by atoms with E-state index in [1.54, 1.807) is 23.4 Å². The lowest BCUT2D eigenvalue weighted by Crippen LogP contribution is -2.49. The molecule has 1 amide bonds. The van der Waals surface area contributed by atoms with Crippen molar-refractivity contribution >= 4 is 11.4 Å². The lowest BCUT2D eigenvalue weighted by Gasteiger charge is -2.41. The van der Waals surface area contributed by atoms with Gasteiger partial charge in [0.15, 0.2) is 0 Å². The molecule has 3 aromatic heterocycles. The molecular weight excluding hydrogens is 515 g/mol. The third kappa shape index (κ3) is 4.61. The van der Waals surface area contributed by atoms with E-state index >= 15 is 0 Å². The van der Waals surface area contributed by atoms with Gasteiger partial charge in [-0.15, -0.1) is 10.2 Å². The van der Waals surface area contributed by atoms with Crippen LogP contribution >= 0.6 is 0 Å². The van der Waals surface area contributed by atoms with E-state index in [1.165, 1.54) is 17.0 Å². The third-order valence-electron chi connectivity index (χ3n) is 7.45. The van der Waals surface area contributed by atoms with E-state index < -0.39 is 17.4 Å². The molecule has 10 nitrogen and oxygen atoms in total. The maximum absolute atomic E-state index is 14.1. The number of rotatable bonds is 6. The fourth-order valence-corrected chi connectivity index (χ4v) is 5.30. The van der Waals surface area contributed by atoms with Gasteiger partial charge in [-0.3, -0.25) is 18.7 Å². The number of imidazole rings is 1. The first kappa shape index (κ1) is 25.3. The monoisotopic (exact) mass is 541 g/mol. The molecule has 4 aromatic rings. The molecule has 2 saturated heterocycles. The van der Waals surface area contributed by atoms with Gasteiger partial charge in [-0.05, 0) is 29.3 Å². The van der Waals surface area contributed by atoms with Gasteiger partial charge in [0.2, 0.25) is 5.91 Å². The summed E-state index contributed by atoms with van der Waals surface area (Å²) in [5.74, 6) is 0.597. The van der Waals surface area contributed by atoms with Gasteiger partial charge in [0.25, 0.3) is 0 Å². The van der Waals surface area contributed by atoms with Gasteiger partial charge in [0.05, 0.1) is 36.5 Å². The van der Waals surface area contributed by atoms with E-state index in [0.717, 1.165) is 21.9 Å². The minimum Gasteiger partial charge on any atom is -0.379 e. The highest BCUT2D eigenvalue weighted by molar-refractivity contribution is 5.78. The fourth-order valence-electron chi connectivity index (χ4n) is 5.30. The summed E-state index contributed by atoms with van der Waals surface area (Å²) >= 11 is 0. The zero-order valence-electron chi connectivity index (χ0n) is 21.1. The number of benzene rings is 1. The van der Waals surface area contributed by atoms with E-state index in [2.05, 4.69) is 15.5 Å². The zero-order chi connectivity index (χ0) is 27.4. The molecule has 0 bridgehead atoms. The molecule has 204 valence electrons. The normalized spacial score (nSPS) is 17.8. The molecule has 6 rings (SSSR count). The standard InChI is InChI=1S/C26H26F3N7O3/c1-33-16-31-32-22(33)9-25(14-39-15-25)18-3-2-4-19(8-18)35-12-21-20(26(27,28)29)7-17(11-36(21)24(35)38)10-34-6-5-30-23(37)13-34/h2-4,7-8,11-12,16H,5-6,9-10,13-15H2,1H3,(H,30,37). The van der Waals surface area contributed by atoms with Gasteiger partial charge < -0.3 is 14.6 Å². The number of nitrogens with one attached hydrogen (secondary N) is 1. The highest BCUT2D eigenvalue weighted by atomic mass is 19.4. The molecule has 0 atom stereocenters. The van der Waals surface area contributed by atoms with Crippen LogP contribution in [-0.2, 0) is 41.1 Å². The second-order valence-electron chi connectivity index (χ2n) is 10.2. The van der Waals surface area contributed by atoms with Crippen LogP contribution < -0.4 is 11.0 Å². The molecule has 13 heteroatoms. The molecule has 39 heavy (non-hydrogen) atoms. The summed E-state index contributed by atoms with van der Waals surface area (Å²) in [5, 5.41) is 10.8. The highest BCUT2D eigenvalue weighted by Gasteiger charge is 2.42. The molecule has 0 spiro atoms. The summed E-state index contributed by atoms with van der Waals surface area (Å²) in [6, 6.07) is 8.29. The Balaban J connectivity index is 1.40. The summed E-state index contributed by atoms with van der Waals surface area (Å²) in [4.78, 5) is 27.0. The number of pyridine rings is 1. The molecule has 2 aliphatic heterocycles. The van der Waals surface area contributed by atoms with E-state index in [0.29, 0.717) is 44.0 Å². The number of ether oxygens (including phenoxy) is 1. The molecule has 5 heterocycles. The summed E-state index contributed by atoms with van der Waals surface area (Å²) in [7, 11) is 1.86. The number of hydrogen-bond donors (Lipinski definition) is 1. The van der Waals surface area contributed by atoms with Gasteiger partial charge >= 0.3 is 11.9 Å². The Bertz CT molecular complexity index is 1620. The molecule has 0 saturated carbocycles. The van der Waals surface area contributed by atoms with Crippen LogP contribution in [-0.4, -0.2) is 67.4 Å². The lowest BCUT2D eigenvalue weighted by molar-refractivity contribution is -0.136. The number of amides is 1. The number of nitrogens with zero attached hydrogens (tertiary/aromatic N) is 6. The summed E-state index contributed by atoms with van der Waals surface area (Å²) in [5.41, 5.74) is -0.488. The number of aromatic nitrogens is 5. The van der Waals surface area contributed by atoms with E-state index in [1.807, 2.05) is 23.7 Å². The Morgan fingerprint density at radius 2 is 1.97 bits per heavy atom. The fraction of sp³-hybridized carbons (Fsp3) is 0.385. The van der Waals surface area contributed by atoms with E-state index in [-0.39, 0.29) is 29.9 Å². The minimum atomic E-state index is -4.68. The number of piperazine rings is 1. The van der Waals surface area contributed by atoms with Gasteiger partial charge in [-0.1, -0.05) is 12.1 Å². The molecule has 0 aliphatic carbocycles. The summed E-state index contributed by atoms with van der Waals surface area (Å²) in [6.45, 7) is 2.03. The minimum absolute atomic E-state index is 0.0852. The van der Waals surface area contributed by atoms with Crippen molar-refractivity contribution in [3.05, 3.63) is 82.1 Å². The van der Waals surface area contributed by atoms with Crippen molar-refractivity contribution in [3.63, 3.8) is 0 Å². The quantitative estimate of drug-likeness (QED) is 0.399. The average molecular weight is 542 g/mol. The number of halogens is 3. The molecule has 0 radical (unpaired) electrons. The van der Waals surface area contributed by atoms with Gasteiger partial charge in [-0.2, -0.15) is 13.2 Å². The van der Waals surface area contributed by atoms with Crippen molar-refractivity contribution in [1.82, 2.24) is 33.9 Å². The second-order valence-corrected chi connectivity index (χ2v) is 10.2. The Hall–Kier alpha value is -3.97. The average Bonchev–Trinajstić information content (AvgIpc) is 3.43. The van der Waals surface area contributed by atoms with Crippen LogP contribution in [0.3, 0.4) is 0 Å². The topological polar surface area (TPSA) is 98.7 Å². The summed E-state index contributed by atoms with van der Waals surface area (Å²) < 4.78 is 52.1. The Morgan fingerprint density at radius 1 is 1.15 bits per heavy atom. The lowest BCUT2D eigenvalue weighted by atomic mass is 9.75. The van der Waals surface area contributed by atoms with Crippen LogP contribution in [0.25, 0.3) is 11.2 Å². The van der Waals surface area contributed by atoms with Crippen LogP contribution in [0, 0.1) is 0 Å². The van der Waals surface area contributed by atoms with Gasteiger partial charge in [0.1, 0.15) is 12.2 Å². The SMILES string of the molecule is Cn1cnnc1CC1(c2cccc(-n3cc4c(C(F)(F)F)cc(CN5CCNC(=O)C5)cn4c3=O)c2)COC1. The first-order chi connectivity index (χ1) is 18.6. The van der Waals surface area contributed by atoms with Crippen molar-refractivity contribution in [1.29, 1.82) is 0 Å². The molecule has 1 N–H and O–H groups in total. The van der Waals surface area contributed by atoms with Crippen LogP contribution in [0.15, 0.2) is 53.8 Å². The predicted molar refractivity (Wildman–Crippen MR) is 133 cm³/mol. The van der Waals surface area contributed by atoms with Crippen molar-refractivity contribution < 1.29 is 22.7 Å². The summed E-state index contributed by atoms with van der Waals surface area (Å²) in [6.07, 6.45) is 0.169. The number of hydrogen-bond acceptors (Lipinski definition) is 6. The Kier molecular flexibility index (Phi) is 6.07. The first-order valence-electron chi connectivity index (χ1n) is 12.5. The largest absolute Gasteiger partial charge is 0.418 e. The maximum Gasteiger partial charge on any atom is 0.418 e. The number of alkyl halides is 3. The van der Waals surface area contributed by atoms with E-state index in [4.69, 9.17) is 4.74 Å². The van der Waals surface area contributed by atoms with Gasteiger partial charge in [-0.25, -0.2) is 4.79 Å². The number of fused-ring (bicyclic) bond motifs is 1. The third-order valence-corrected chi connectivity index (χ3v) is 7.45. The first-order valence-corrected chi connectivity index (χ1v) is 12.5.